The lowest BCUT2D eigenvalue weighted by Gasteiger charge is -2.01. The van der Waals surface area contributed by atoms with E-state index in [-0.39, 0.29) is 5.76 Å². The first-order valence-corrected chi connectivity index (χ1v) is 6.16. The van der Waals surface area contributed by atoms with Crippen LogP contribution in [0.3, 0.4) is 0 Å². The van der Waals surface area contributed by atoms with Crippen molar-refractivity contribution >= 4 is 22.6 Å². The van der Waals surface area contributed by atoms with E-state index in [4.69, 9.17) is 19.6 Å². The summed E-state index contributed by atoms with van der Waals surface area (Å²) < 4.78 is 15.4. The maximum Gasteiger partial charge on any atom is 0.374 e. The number of fused-ring (bicyclic) bond motifs is 1. The first kappa shape index (κ1) is 13.4. The molecule has 0 unspecified atom stereocenters. The molecular formula is C14H17NO4. The highest BCUT2D eigenvalue weighted by atomic mass is 16.5. The van der Waals surface area contributed by atoms with Gasteiger partial charge >= 0.3 is 5.97 Å². The lowest BCUT2D eigenvalue weighted by molar-refractivity contribution is 0.0456. The lowest BCUT2D eigenvalue weighted by Crippen LogP contribution is -2.05. The number of benzene rings is 1. The summed E-state index contributed by atoms with van der Waals surface area (Å²) in [5.41, 5.74) is 6.92. The number of carbonyl (C=O) groups excluding carboxylic acids is 1. The molecule has 19 heavy (non-hydrogen) atoms. The molecule has 5 heteroatoms. The predicted molar refractivity (Wildman–Crippen MR) is 72.0 cm³/mol. The van der Waals surface area contributed by atoms with E-state index in [1.165, 1.54) is 0 Å². The van der Waals surface area contributed by atoms with Gasteiger partial charge in [0, 0.05) is 24.8 Å². The molecule has 5 nitrogen and oxygen atoms in total. The van der Waals surface area contributed by atoms with Crippen molar-refractivity contribution in [3.8, 4) is 0 Å². The second-order valence-electron chi connectivity index (χ2n) is 4.24. The zero-order chi connectivity index (χ0) is 13.7. The Morgan fingerprint density at radius 3 is 2.84 bits per heavy atom. The zero-order valence-corrected chi connectivity index (χ0v) is 10.8. The highest BCUT2D eigenvalue weighted by molar-refractivity contribution is 5.93. The molecule has 2 aromatic rings. The summed E-state index contributed by atoms with van der Waals surface area (Å²) in [5.74, 6) is -0.250. The van der Waals surface area contributed by atoms with E-state index in [0.29, 0.717) is 24.5 Å². The number of hydrogen-bond acceptors (Lipinski definition) is 5. The zero-order valence-electron chi connectivity index (χ0n) is 10.8. The topological polar surface area (TPSA) is 74.7 Å². The van der Waals surface area contributed by atoms with Gasteiger partial charge in [0.05, 0.1) is 6.61 Å². The molecule has 1 heterocycles. The molecular weight excluding hydrogens is 246 g/mol. The molecule has 0 atom stereocenters. The van der Waals surface area contributed by atoms with Crippen molar-refractivity contribution in [2.45, 2.75) is 12.8 Å². The lowest BCUT2D eigenvalue weighted by atomic mass is 10.2. The molecule has 0 spiro atoms. The molecule has 1 aromatic heterocycles. The smallest absolute Gasteiger partial charge is 0.374 e. The average molecular weight is 263 g/mol. The Labute approximate surface area is 111 Å². The molecule has 0 radical (unpaired) electrons. The Hall–Kier alpha value is -2.01. The average Bonchev–Trinajstić information content (AvgIpc) is 2.81. The van der Waals surface area contributed by atoms with Crippen molar-refractivity contribution in [3.63, 3.8) is 0 Å². The van der Waals surface area contributed by atoms with Crippen LogP contribution in [0.4, 0.5) is 5.69 Å². The minimum absolute atomic E-state index is 0.201. The Balaban J connectivity index is 1.94. The number of nitrogen functional groups attached to an aromatic ring is 1. The number of methoxy groups -OCH3 is 1. The van der Waals surface area contributed by atoms with Crippen LogP contribution in [0.5, 0.6) is 0 Å². The van der Waals surface area contributed by atoms with Gasteiger partial charge in [0.1, 0.15) is 5.58 Å². The van der Waals surface area contributed by atoms with Crippen LogP contribution in [-0.2, 0) is 9.47 Å². The van der Waals surface area contributed by atoms with Gasteiger partial charge in [-0.1, -0.05) is 0 Å². The molecule has 0 aliphatic rings. The van der Waals surface area contributed by atoms with Crippen LogP contribution >= 0.6 is 0 Å². The van der Waals surface area contributed by atoms with Crippen molar-refractivity contribution in [3.05, 3.63) is 30.0 Å². The third-order valence-electron chi connectivity index (χ3n) is 2.72. The van der Waals surface area contributed by atoms with Crippen LogP contribution in [0, 0.1) is 0 Å². The quantitative estimate of drug-likeness (QED) is 0.492. The van der Waals surface area contributed by atoms with Gasteiger partial charge in [0.15, 0.2) is 0 Å². The Morgan fingerprint density at radius 2 is 2.05 bits per heavy atom. The highest BCUT2D eigenvalue weighted by Crippen LogP contribution is 2.22. The fourth-order valence-electron chi connectivity index (χ4n) is 1.75. The van der Waals surface area contributed by atoms with Gasteiger partial charge in [-0.05, 0) is 37.1 Å². The van der Waals surface area contributed by atoms with Gasteiger partial charge in [0.25, 0.3) is 0 Å². The van der Waals surface area contributed by atoms with Gasteiger partial charge in [-0.2, -0.15) is 0 Å². The van der Waals surface area contributed by atoms with E-state index in [2.05, 4.69) is 0 Å². The van der Waals surface area contributed by atoms with Gasteiger partial charge < -0.3 is 19.6 Å². The molecule has 2 N–H and O–H groups in total. The van der Waals surface area contributed by atoms with Crippen LogP contribution in [0.25, 0.3) is 11.0 Å². The standard InChI is InChI=1S/C14H17NO4/c1-17-6-2-3-7-18-14(16)13-9-10-8-11(15)4-5-12(10)19-13/h4-5,8-9H,2-3,6-7,15H2,1H3. The maximum atomic E-state index is 11.8. The summed E-state index contributed by atoms with van der Waals surface area (Å²) in [7, 11) is 1.64. The van der Waals surface area contributed by atoms with E-state index in [9.17, 15) is 4.79 Å². The van der Waals surface area contributed by atoms with Crippen LogP contribution in [0.1, 0.15) is 23.4 Å². The molecule has 0 amide bonds. The van der Waals surface area contributed by atoms with Crippen LogP contribution in [-0.4, -0.2) is 26.3 Å². The summed E-state index contributed by atoms with van der Waals surface area (Å²) in [6, 6.07) is 6.86. The first-order valence-electron chi connectivity index (χ1n) is 6.16. The highest BCUT2D eigenvalue weighted by Gasteiger charge is 2.13. The fraction of sp³-hybridized carbons (Fsp3) is 0.357. The third kappa shape index (κ3) is 3.48. The maximum absolute atomic E-state index is 11.8. The number of furan rings is 1. The predicted octanol–water partition coefficient (Wildman–Crippen LogP) is 2.60. The minimum Gasteiger partial charge on any atom is -0.460 e. The van der Waals surface area contributed by atoms with E-state index in [0.717, 1.165) is 18.2 Å². The monoisotopic (exact) mass is 263 g/mol. The Morgan fingerprint density at radius 1 is 1.26 bits per heavy atom. The number of esters is 1. The van der Waals surface area contributed by atoms with Gasteiger partial charge in [-0.15, -0.1) is 0 Å². The number of hydrogen-bond donors (Lipinski definition) is 1. The van der Waals surface area contributed by atoms with Crippen LogP contribution in [0.15, 0.2) is 28.7 Å². The van der Waals surface area contributed by atoms with Crippen molar-refractivity contribution in [1.29, 1.82) is 0 Å². The number of anilines is 1. The van der Waals surface area contributed by atoms with Gasteiger partial charge in [-0.25, -0.2) is 4.79 Å². The second kappa shape index (κ2) is 6.24. The van der Waals surface area contributed by atoms with Gasteiger partial charge in [-0.3, -0.25) is 0 Å². The number of carbonyl (C=O) groups is 1. The van der Waals surface area contributed by atoms with Crippen LogP contribution in [0.2, 0.25) is 0 Å². The summed E-state index contributed by atoms with van der Waals surface area (Å²) in [4.78, 5) is 11.8. The van der Waals surface area contributed by atoms with E-state index >= 15 is 0 Å². The largest absolute Gasteiger partial charge is 0.460 e. The molecule has 0 fully saturated rings. The number of ether oxygens (including phenoxy) is 2. The summed E-state index contributed by atoms with van der Waals surface area (Å²) in [6.45, 7) is 1.03. The molecule has 0 aliphatic heterocycles. The molecule has 2 rings (SSSR count). The SMILES string of the molecule is COCCCCOC(=O)c1cc2cc(N)ccc2o1. The Kier molecular flexibility index (Phi) is 4.41. The normalized spacial score (nSPS) is 10.8. The Bertz CT molecular complexity index is 562. The summed E-state index contributed by atoms with van der Waals surface area (Å²) in [5, 5.41) is 0.798. The molecule has 0 aliphatic carbocycles. The molecule has 1 aromatic carbocycles. The van der Waals surface area contributed by atoms with Crippen LogP contribution < -0.4 is 5.73 Å². The first-order chi connectivity index (χ1) is 9.20. The summed E-state index contributed by atoms with van der Waals surface area (Å²) in [6.07, 6.45) is 1.63. The van der Waals surface area contributed by atoms with E-state index in [1.54, 1.807) is 31.4 Å². The van der Waals surface area contributed by atoms with Gasteiger partial charge in [0.2, 0.25) is 5.76 Å². The molecule has 0 bridgehead atoms. The van der Waals surface area contributed by atoms with Crippen molar-refractivity contribution in [2.75, 3.05) is 26.1 Å². The second-order valence-corrected chi connectivity index (χ2v) is 4.24. The number of nitrogens with two attached hydrogens (primary N) is 1. The van der Waals surface area contributed by atoms with Crippen molar-refractivity contribution in [1.82, 2.24) is 0 Å². The molecule has 0 saturated heterocycles. The summed E-state index contributed by atoms with van der Waals surface area (Å²) >= 11 is 0. The van der Waals surface area contributed by atoms with Crippen molar-refractivity contribution < 1.29 is 18.7 Å². The number of rotatable bonds is 6. The molecule has 102 valence electrons. The third-order valence-corrected chi connectivity index (χ3v) is 2.72. The minimum atomic E-state index is -0.452. The van der Waals surface area contributed by atoms with E-state index in [1.807, 2.05) is 0 Å². The number of unbranched alkanes of at least 4 members (excludes halogenated alkanes) is 1. The molecule has 0 saturated carbocycles. The van der Waals surface area contributed by atoms with Crippen molar-refractivity contribution in [2.24, 2.45) is 0 Å². The van der Waals surface area contributed by atoms with E-state index < -0.39 is 5.97 Å². The fourth-order valence-corrected chi connectivity index (χ4v) is 1.75.